The Morgan fingerprint density at radius 2 is 1.93 bits per heavy atom. The molecule has 140 valence electrons. The van der Waals surface area contributed by atoms with Crippen LogP contribution in [0, 0.1) is 0 Å². The Balaban J connectivity index is 2.07. The van der Waals surface area contributed by atoms with E-state index in [2.05, 4.69) is 0 Å². The number of carbonyl (C=O) groups is 2. The van der Waals surface area contributed by atoms with Crippen LogP contribution in [0.2, 0.25) is 5.02 Å². The van der Waals surface area contributed by atoms with Gasteiger partial charge in [0.15, 0.2) is 0 Å². The number of fused-ring (bicyclic) bond motifs is 1. The van der Waals surface area contributed by atoms with E-state index < -0.39 is 17.2 Å². The summed E-state index contributed by atoms with van der Waals surface area (Å²) in [6.45, 7) is 0. The van der Waals surface area contributed by atoms with Crippen LogP contribution in [0.15, 0.2) is 48.7 Å². The van der Waals surface area contributed by atoms with E-state index in [0.29, 0.717) is 32.8 Å². The molecule has 1 heterocycles. The van der Waals surface area contributed by atoms with Gasteiger partial charge in [0.2, 0.25) is 5.91 Å². The predicted octanol–water partition coefficient (Wildman–Crippen LogP) is 2.79. The summed E-state index contributed by atoms with van der Waals surface area (Å²) in [5, 5.41) is 1.15. The molecule has 1 aromatic heterocycles. The highest BCUT2D eigenvalue weighted by Crippen LogP contribution is 2.27. The summed E-state index contributed by atoms with van der Waals surface area (Å²) < 4.78 is 28.1. The summed E-state index contributed by atoms with van der Waals surface area (Å²) in [6.07, 6.45) is 1.37. The summed E-state index contributed by atoms with van der Waals surface area (Å²) in [7, 11) is 1.51. The maximum atomic E-state index is 12.9. The van der Waals surface area contributed by atoms with Gasteiger partial charge < -0.3 is 4.74 Å². The van der Waals surface area contributed by atoms with Gasteiger partial charge >= 0.3 is 0 Å². The lowest BCUT2D eigenvalue weighted by Gasteiger charge is -2.05. The largest absolute Gasteiger partial charge is 0.497 e. The van der Waals surface area contributed by atoms with Gasteiger partial charge in [-0.25, -0.2) is 4.21 Å². The molecule has 1 unspecified atom stereocenters. The molecule has 0 saturated carbocycles. The summed E-state index contributed by atoms with van der Waals surface area (Å²) >= 11 is 3.42. The van der Waals surface area contributed by atoms with Gasteiger partial charge in [0.05, 0.1) is 19.0 Å². The minimum Gasteiger partial charge on any atom is -0.497 e. The Labute approximate surface area is 162 Å². The Morgan fingerprint density at radius 3 is 2.56 bits per heavy atom. The topological polar surface area (TPSA) is 97.6 Å². The first-order valence-electron chi connectivity index (χ1n) is 7.77. The van der Waals surface area contributed by atoms with Crippen LogP contribution in [0.5, 0.6) is 5.75 Å². The van der Waals surface area contributed by atoms with Crippen LogP contribution in [0.4, 0.5) is 0 Å². The van der Waals surface area contributed by atoms with Crippen molar-refractivity contribution in [3.8, 4) is 5.75 Å². The van der Waals surface area contributed by atoms with E-state index in [1.807, 2.05) is 4.72 Å². The molecule has 7 nitrogen and oxygen atoms in total. The Morgan fingerprint density at radius 1 is 1.22 bits per heavy atom. The fourth-order valence-corrected chi connectivity index (χ4v) is 3.14. The zero-order chi connectivity index (χ0) is 19.6. The summed E-state index contributed by atoms with van der Waals surface area (Å²) in [5.41, 5.74) is 1.54. The SMILES string of the molecule is COc1ccc2c(c1)c(CC(=O)NS(=O)O)cn2C(=O)c1ccc(Cl)cc1. The van der Waals surface area contributed by atoms with Crippen molar-refractivity contribution in [2.45, 2.75) is 6.42 Å². The van der Waals surface area contributed by atoms with Crippen molar-refractivity contribution in [3.63, 3.8) is 0 Å². The van der Waals surface area contributed by atoms with Gasteiger partial charge in [-0.2, -0.15) is 0 Å². The fourth-order valence-electron chi connectivity index (χ4n) is 2.75. The number of amides is 1. The van der Waals surface area contributed by atoms with E-state index in [1.54, 1.807) is 48.7 Å². The number of nitrogens with zero attached hydrogens (tertiary/aromatic N) is 1. The van der Waals surface area contributed by atoms with Crippen molar-refractivity contribution in [3.05, 3.63) is 64.8 Å². The third-order valence-corrected chi connectivity index (χ3v) is 4.61. The average Bonchev–Trinajstić information content (AvgIpc) is 2.98. The Hall–Kier alpha value is -2.68. The van der Waals surface area contributed by atoms with Crippen LogP contribution in [-0.4, -0.2) is 32.3 Å². The second-order valence-corrected chi connectivity index (χ2v) is 6.81. The second-order valence-electron chi connectivity index (χ2n) is 5.67. The molecule has 2 N–H and O–H groups in total. The molecule has 27 heavy (non-hydrogen) atoms. The number of hydrogen-bond acceptors (Lipinski definition) is 4. The highest BCUT2D eigenvalue weighted by Gasteiger charge is 2.18. The van der Waals surface area contributed by atoms with E-state index in [4.69, 9.17) is 20.9 Å². The monoisotopic (exact) mass is 406 g/mol. The number of benzene rings is 2. The summed E-state index contributed by atoms with van der Waals surface area (Å²) in [6, 6.07) is 11.6. The molecule has 0 aliphatic heterocycles. The standard InChI is InChI=1S/C18H15ClN2O5S/c1-26-14-6-7-16-15(9-14)12(8-17(22)20-27(24)25)10-21(16)18(23)11-2-4-13(19)5-3-11/h2-7,9-10H,8H2,1H3,(H,20,22)(H,24,25). The van der Waals surface area contributed by atoms with Gasteiger partial charge in [-0.3, -0.25) is 23.4 Å². The van der Waals surface area contributed by atoms with Gasteiger partial charge in [-0.1, -0.05) is 11.6 Å². The second kappa shape index (κ2) is 7.91. The van der Waals surface area contributed by atoms with Crippen LogP contribution < -0.4 is 9.46 Å². The van der Waals surface area contributed by atoms with Crippen LogP contribution in [-0.2, 0) is 22.5 Å². The molecule has 1 atom stereocenters. The molecule has 0 aliphatic carbocycles. The molecular formula is C18H15ClN2O5S. The van der Waals surface area contributed by atoms with E-state index in [9.17, 15) is 13.8 Å². The third kappa shape index (κ3) is 4.19. The number of nitrogens with one attached hydrogen (secondary N) is 1. The average molecular weight is 407 g/mol. The van der Waals surface area contributed by atoms with Crippen LogP contribution in [0.1, 0.15) is 15.9 Å². The lowest BCUT2D eigenvalue weighted by molar-refractivity contribution is -0.118. The van der Waals surface area contributed by atoms with Gasteiger partial charge in [0.25, 0.3) is 17.2 Å². The molecule has 0 bridgehead atoms. The zero-order valence-electron chi connectivity index (χ0n) is 14.1. The van der Waals surface area contributed by atoms with Crippen molar-refractivity contribution in [1.82, 2.24) is 9.29 Å². The molecule has 2 aromatic carbocycles. The third-order valence-electron chi connectivity index (χ3n) is 3.96. The quantitative estimate of drug-likeness (QED) is 0.635. The normalized spacial score (nSPS) is 12.0. The van der Waals surface area contributed by atoms with E-state index in [0.717, 1.165) is 0 Å². The molecule has 0 aliphatic rings. The molecule has 9 heteroatoms. The van der Waals surface area contributed by atoms with Gasteiger partial charge in [-0.15, -0.1) is 0 Å². The first-order chi connectivity index (χ1) is 12.9. The number of rotatable bonds is 5. The number of methoxy groups -OCH3 is 1. The molecule has 0 radical (unpaired) electrons. The summed E-state index contributed by atoms with van der Waals surface area (Å²) in [5.74, 6) is -0.373. The highest BCUT2D eigenvalue weighted by molar-refractivity contribution is 7.77. The molecule has 3 aromatic rings. The van der Waals surface area contributed by atoms with Crippen LogP contribution in [0.3, 0.4) is 0 Å². The molecule has 1 amide bonds. The molecule has 0 fully saturated rings. The van der Waals surface area contributed by atoms with Crippen molar-refractivity contribution in [2.75, 3.05) is 7.11 Å². The minimum absolute atomic E-state index is 0.170. The molecular weight excluding hydrogens is 392 g/mol. The maximum Gasteiger partial charge on any atom is 0.262 e. The first-order valence-corrected chi connectivity index (χ1v) is 9.26. The smallest absolute Gasteiger partial charge is 0.262 e. The maximum absolute atomic E-state index is 12.9. The van der Waals surface area contributed by atoms with Crippen LogP contribution >= 0.6 is 11.6 Å². The van der Waals surface area contributed by atoms with E-state index in [1.165, 1.54) is 11.7 Å². The lowest BCUT2D eigenvalue weighted by atomic mass is 10.1. The minimum atomic E-state index is -2.45. The number of hydrogen-bond donors (Lipinski definition) is 2. The van der Waals surface area contributed by atoms with E-state index in [-0.39, 0.29) is 12.3 Å². The Kier molecular flexibility index (Phi) is 5.59. The lowest BCUT2D eigenvalue weighted by Crippen LogP contribution is -2.26. The fraction of sp³-hybridized carbons (Fsp3) is 0.111. The first kappa shape index (κ1) is 19.1. The zero-order valence-corrected chi connectivity index (χ0v) is 15.7. The van der Waals surface area contributed by atoms with Crippen molar-refractivity contribution in [2.24, 2.45) is 0 Å². The predicted molar refractivity (Wildman–Crippen MR) is 102 cm³/mol. The van der Waals surface area contributed by atoms with E-state index >= 15 is 0 Å². The van der Waals surface area contributed by atoms with Gasteiger partial charge in [-0.05, 0) is 48.0 Å². The summed E-state index contributed by atoms with van der Waals surface area (Å²) in [4.78, 5) is 24.8. The number of ether oxygens (including phenoxy) is 1. The molecule has 0 saturated heterocycles. The van der Waals surface area contributed by atoms with Crippen molar-refractivity contribution < 1.29 is 23.1 Å². The number of aromatic nitrogens is 1. The molecule has 3 rings (SSSR count). The molecule has 0 spiro atoms. The highest BCUT2D eigenvalue weighted by atomic mass is 35.5. The number of carbonyl (C=O) groups excluding carboxylic acids is 2. The van der Waals surface area contributed by atoms with Crippen LogP contribution in [0.25, 0.3) is 10.9 Å². The Bertz CT molecular complexity index is 1050. The number of halogens is 1. The van der Waals surface area contributed by atoms with Crippen molar-refractivity contribution >= 4 is 45.6 Å². The van der Waals surface area contributed by atoms with Crippen molar-refractivity contribution in [1.29, 1.82) is 0 Å². The van der Waals surface area contributed by atoms with Gasteiger partial charge in [0, 0.05) is 22.2 Å². The van der Waals surface area contributed by atoms with Gasteiger partial charge in [0.1, 0.15) is 5.75 Å².